The van der Waals surface area contributed by atoms with Gasteiger partial charge in [-0.25, -0.2) is 9.97 Å². The van der Waals surface area contributed by atoms with Gasteiger partial charge >= 0.3 is 0 Å². The number of aromatic amines is 1. The fourth-order valence-electron chi connectivity index (χ4n) is 1.02. The van der Waals surface area contributed by atoms with Gasteiger partial charge in [0.25, 0.3) is 0 Å². The Balaban J connectivity index is 2.60. The molecule has 13 heavy (non-hydrogen) atoms. The molecule has 66 valence electrons. The minimum atomic E-state index is 0.582. The highest BCUT2D eigenvalue weighted by Crippen LogP contribution is 2.12. The first kappa shape index (κ1) is 8.06. The molecular formula is C7H7N5S. The van der Waals surface area contributed by atoms with Gasteiger partial charge in [-0.2, -0.15) is 5.10 Å². The summed E-state index contributed by atoms with van der Waals surface area (Å²) >= 11 is 4.98. The van der Waals surface area contributed by atoms with Gasteiger partial charge in [-0.15, -0.1) is 0 Å². The first-order valence-electron chi connectivity index (χ1n) is 3.66. The van der Waals surface area contributed by atoms with Crippen LogP contribution in [0.1, 0.15) is 0 Å². The summed E-state index contributed by atoms with van der Waals surface area (Å²) in [7, 11) is 1.84. The second-order valence-corrected chi connectivity index (χ2v) is 2.93. The molecule has 0 aromatic carbocycles. The molecule has 2 heterocycles. The fraction of sp³-hybridized carbons (Fsp3) is 0.143. The Kier molecular flexibility index (Phi) is 1.90. The van der Waals surface area contributed by atoms with E-state index in [9.17, 15) is 0 Å². The van der Waals surface area contributed by atoms with Crippen molar-refractivity contribution in [1.82, 2.24) is 24.7 Å². The van der Waals surface area contributed by atoms with E-state index in [4.69, 9.17) is 12.2 Å². The van der Waals surface area contributed by atoms with Crippen LogP contribution in [-0.4, -0.2) is 24.7 Å². The average Bonchev–Trinajstić information content (AvgIpc) is 2.49. The van der Waals surface area contributed by atoms with Crippen molar-refractivity contribution in [3.8, 4) is 11.4 Å². The van der Waals surface area contributed by atoms with Crippen molar-refractivity contribution in [2.24, 2.45) is 7.05 Å². The van der Waals surface area contributed by atoms with Gasteiger partial charge in [0.1, 0.15) is 6.33 Å². The molecule has 5 nitrogen and oxygen atoms in total. The summed E-state index contributed by atoms with van der Waals surface area (Å²) in [4.78, 5) is 7.80. The van der Waals surface area contributed by atoms with Crippen molar-refractivity contribution in [2.45, 2.75) is 0 Å². The smallest absolute Gasteiger partial charge is 0.195 e. The molecule has 0 fully saturated rings. The SMILES string of the molecule is Cn1c(-c2cncnc2)n[nH]c1=S. The van der Waals surface area contributed by atoms with Crippen LogP contribution in [0.4, 0.5) is 0 Å². The molecule has 0 aliphatic heterocycles. The van der Waals surface area contributed by atoms with Gasteiger partial charge in [0.05, 0.1) is 5.56 Å². The molecule has 0 amide bonds. The molecule has 0 atom stereocenters. The van der Waals surface area contributed by atoms with E-state index in [2.05, 4.69) is 20.2 Å². The molecule has 0 saturated heterocycles. The Morgan fingerprint density at radius 2 is 2.08 bits per heavy atom. The molecule has 0 aliphatic carbocycles. The highest BCUT2D eigenvalue weighted by atomic mass is 32.1. The van der Waals surface area contributed by atoms with Gasteiger partial charge in [0.2, 0.25) is 0 Å². The molecular weight excluding hydrogens is 186 g/mol. The molecule has 2 aromatic heterocycles. The molecule has 0 saturated carbocycles. The highest BCUT2D eigenvalue weighted by Gasteiger charge is 2.04. The molecule has 2 rings (SSSR count). The molecule has 1 N–H and O–H groups in total. The number of nitrogens with zero attached hydrogens (tertiary/aromatic N) is 4. The summed E-state index contributed by atoms with van der Waals surface area (Å²) < 4.78 is 2.35. The van der Waals surface area contributed by atoms with Crippen molar-refractivity contribution >= 4 is 12.2 Å². The molecule has 2 aromatic rings. The average molecular weight is 193 g/mol. The normalized spacial score (nSPS) is 10.2. The number of H-pyrrole nitrogens is 1. The zero-order chi connectivity index (χ0) is 9.26. The summed E-state index contributed by atoms with van der Waals surface area (Å²) in [6.45, 7) is 0. The van der Waals surface area contributed by atoms with Gasteiger partial charge in [-0.05, 0) is 12.2 Å². The quantitative estimate of drug-likeness (QED) is 0.684. The second-order valence-electron chi connectivity index (χ2n) is 2.54. The molecule has 0 bridgehead atoms. The Morgan fingerprint density at radius 3 is 2.62 bits per heavy atom. The predicted octanol–water partition coefficient (Wildman–Crippen LogP) is 0.935. The van der Waals surface area contributed by atoms with Gasteiger partial charge < -0.3 is 4.57 Å². The monoisotopic (exact) mass is 193 g/mol. The van der Waals surface area contributed by atoms with Crippen molar-refractivity contribution in [3.05, 3.63) is 23.5 Å². The molecule has 0 aliphatic rings. The van der Waals surface area contributed by atoms with Crippen molar-refractivity contribution in [1.29, 1.82) is 0 Å². The van der Waals surface area contributed by atoms with Crippen LogP contribution >= 0.6 is 12.2 Å². The lowest BCUT2D eigenvalue weighted by Gasteiger charge is -1.97. The zero-order valence-electron chi connectivity index (χ0n) is 6.93. The third-order valence-corrected chi connectivity index (χ3v) is 2.06. The van der Waals surface area contributed by atoms with Crippen LogP contribution in [0.2, 0.25) is 0 Å². The van der Waals surface area contributed by atoms with E-state index in [0.717, 1.165) is 11.4 Å². The standard InChI is InChI=1S/C7H7N5S/c1-12-6(10-11-7(12)13)5-2-8-4-9-3-5/h2-4H,1H3,(H,11,13). The van der Waals surface area contributed by atoms with Gasteiger partial charge in [-0.1, -0.05) is 0 Å². The molecule has 6 heteroatoms. The van der Waals surface area contributed by atoms with E-state index in [1.165, 1.54) is 6.33 Å². The Morgan fingerprint density at radius 1 is 1.38 bits per heavy atom. The van der Waals surface area contributed by atoms with Crippen molar-refractivity contribution in [3.63, 3.8) is 0 Å². The van der Waals surface area contributed by atoms with Crippen LogP contribution in [0.3, 0.4) is 0 Å². The van der Waals surface area contributed by atoms with E-state index in [0.29, 0.717) is 4.77 Å². The van der Waals surface area contributed by atoms with Crippen LogP contribution in [0, 0.1) is 4.77 Å². The van der Waals surface area contributed by atoms with E-state index in [-0.39, 0.29) is 0 Å². The minimum absolute atomic E-state index is 0.582. The molecule has 0 unspecified atom stereocenters. The van der Waals surface area contributed by atoms with E-state index < -0.39 is 0 Å². The first-order valence-corrected chi connectivity index (χ1v) is 4.06. The number of hydrogen-bond acceptors (Lipinski definition) is 4. The lowest BCUT2D eigenvalue weighted by molar-refractivity contribution is 0.899. The van der Waals surface area contributed by atoms with Gasteiger partial charge in [0, 0.05) is 19.4 Å². The lowest BCUT2D eigenvalue weighted by atomic mass is 10.3. The lowest BCUT2D eigenvalue weighted by Crippen LogP contribution is -1.93. The van der Waals surface area contributed by atoms with Crippen LogP contribution in [0.5, 0.6) is 0 Å². The van der Waals surface area contributed by atoms with E-state index >= 15 is 0 Å². The maximum absolute atomic E-state index is 4.98. The third kappa shape index (κ3) is 1.35. The summed E-state index contributed by atoms with van der Waals surface area (Å²) in [6, 6.07) is 0. The van der Waals surface area contributed by atoms with Crippen molar-refractivity contribution in [2.75, 3.05) is 0 Å². The topological polar surface area (TPSA) is 59.4 Å². The number of hydrogen-bond donors (Lipinski definition) is 1. The maximum atomic E-state index is 4.98. The number of rotatable bonds is 1. The van der Waals surface area contributed by atoms with E-state index in [1.54, 1.807) is 17.0 Å². The van der Waals surface area contributed by atoms with Crippen molar-refractivity contribution < 1.29 is 0 Å². The Hall–Kier alpha value is -1.56. The first-order chi connectivity index (χ1) is 6.29. The maximum Gasteiger partial charge on any atom is 0.195 e. The zero-order valence-corrected chi connectivity index (χ0v) is 7.75. The van der Waals surface area contributed by atoms with E-state index in [1.807, 2.05) is 7.05 Å². The molecule has 0 radical (unpaired) electrons. The highest BCUT2D eigenvalue weighted by molar-refractivity contribution is 7.71. The van der Waals surface area contributed by atoms with Crippen LogP contribution in [0.15, 0.2) is 18.7 Å². The Labute approximate surface area is 79.5 Å². The Bertz CT molecular complexity index is 457. The van der Waals surface area contributed by atoms with Gasteiger partial charge in [-0.3, -0.25) is 5.10 Å². The summed E-state index contributed by atoms with van der Waals surface area (Å²) in [5.74, 6) is 0.741. The third-order valence-electron chi connectivity index (χ3n) is 1.70. The van der Waals surface area contributed by atoms with Crippen LogP contribution in [-0.2, 0) is 7.05 Å². The summed E-state index contributed by atoms with van der Waals surface area (Å²) in [5.41, 5.74) is 0.845. The number of aromatic nitrogens is 5. The minimum Gasteiger partial charge on any atom is -0.303 e. The second kappa shape index (κ2) is 3.06. The number of nitrogens with one attached hydrogen (secondary N) is 1. The summed E-state index contributed by atoms with van der Waals surface area (Å²) in [5, 5.41) is 6.75. The molecule has 0 spiro atoms. The fourth-order valence-corrected chi connectivity index (χ4v) is 1.15. The van der Waals surface area contributed by atoms with Gasteiger partial charge in [0.15, 0.2) is 10.6 Å². The van der Waals surface area contributed by atoms with Crippen LogP contribution in [0.25, 0.3) is 11.4 Å². The largest absolute Gasteiger partial charge is 0.303 e. The summed E-state index contributed by atoms with van der Waals surface area (Å²) in [6.07, 6.45) is 4.86. The predicted molar refractivity (Wildman–Crippen MR) is 49.4 cm³/mol. The van der Waals surface area contributed by atoms with Crippen LogP contribution < -0.4 is 0 Å².